The number of benzene rings is 1. The van der Waals surface area contributed by atoms with Crippen LogP contribution in [0.25, 0.3) is 0 Å². The largest absolute Gasteiger partial charge is 0.379 e. The van der Waals surface area contributed by atoms with Gasteiger partial charge in [-0.1, -0.05) is 11.6 Å². The fourth-order valence-electron chi connectivity index (χ4n) is 3.10. The van der Waals surface area contributed by atoms with Crippen LogP contribution in [-0.4, -0.2) is 61.2 Å². The molecule has 0 unspecified atom stereocenters. The van der Waals surface area contributed by atoms with E-state index in [0.717, 1.165) is 35.9 Å². The number of morpholine rings is 1. The number of hydrazine groups is 1. The number of guanidine groups is 1. The van der Waals surface area contributed by atoms with E-state index in [1.165, 1.54) is 0 Å². The molecule has 0 aromatic heterocycles. The van der Waals surface area contributed by atoms with Crippen LogP contribution in [0.1, 0.15) is 15.9 Å². The summed E-state index contributed by atoms with van der Waals surface area (Å²) in [5.74, 6) is 0.827. The van der Waals surface area contributed by atoms with Crippen molar-refractivity contribution in [1.82, 2.24) is 9.91 Å². The van der Waals surface area contributed by atoms with Crippen LogP contribution in [-0.2, 0) is 4.74 Å². The summed E-state index contributed by atoms with van der Waals surface area (Å²) >= 11 is 0. The lowest BCUT2D eigenvalue weighted by Gasteiger charge is -2.43. The van der Waals surface area contributed by atoms with Crippen LogP contribution in [0.2, 0.25) is 0 Å². The Bertz CT molecular complexity index is 622. The van der Waals surface area contributed by atoms with Gasteiger partial charge in [-0.15, -0.1) is 0 Å². The number of aryl methyl sites for hydroxylation is 1. The van der Waals surface area contributed by atoms with Gasteiger partial charge < -0.3 is 4.74 Å². The zero-order valence-electron chi connectivity index (χ0n) is 12.1. The van der Waals surface area contributed by atoms with E-state index in [4.69, 9.17) is 4.74 Å². The zero-order valence-corrected chi connectivity index (χ0v) is 12.1. The highest BCUT2D eigenvalue weighted by molar-refractivity contribution is 6.18. The lowest BCUT2D eigenvalue weighted by atomic mass is 10.1. The van der Waals surface area contributed by atoms with Crippen molar-refractivity contribution in [2.45, 2.75) is 6.92 Å². The van der Waals surface area contributed by atoms with Gasteiger partial charge in [0.05, 0.1) is 31.0 Å². The molecular formula is C15H18N4O2. The van der Waals surface area contributed by atoms with Crippen molar-refractivity contribution in [2.24, 2.45) is 4.99 Å². The Morgan fingerprint density at radius 2 is 2.00 bits per heavy atom. The number of amides is 1. The van der Waals surface area contributed by atoms with E-state index in [9.17, 15) is 4.79 Å². The third-order valence-electron chi connectivity index (χ3n) is 4.13. The average molecular weight is 286 g/mol. The van der Waals surface area contributed by atoms with Gasteiger partial charge in [-0.3, -0.25) is 9.69 Å². The quantitative estimate of drug-likeness (QED) is 0.769. The van der Waals surface area contributed by atoms with E-state index in [1.807, 2.05) is 25.1 Å². The Balaban J connectivity index is 1.83. The first-order valence-electron chi connectivity index (χ1n) is 7.35. The second kappa shape index (κ2) is 4.82. The molecule has 1 aromatic carbocycles. The standard InChI is InChI=1S/C15H18N4O2/c1-11-2-3-13-12(10-11)14(20)18-5-4-16-15(18)19(13)17-6-8-21-9-7-17/h2-3,10H,4-9H2,1H3. The summed E-state index contributed by atoms with van der Waals surface area (Å²) in [6.45, 7) is 6.40. The van der Waals surface area contributed by atoms with Gasteiger partial charge in [0.2, 0.25) is 5.96 Å². The molecule has 0 aliphatic carbocycles. The Morgan fingerprint density at radius 3 is 2.81 bits per heavy atom. The highest BCUT2D eigenvalue weighted by atomic mass is 16.5. The molecule has 0 N–H and O–H groups in total. The van der Waals surface area contributed by atoms with Crippen molar-refractivity contribution in [2.75, 3.05) is 44.4 Å². The second-order valence-electron chi connectivity index (χ2n) is 5.54. The van der Waals surface area contributed by atoms with Crippen molar-refractivity contribution >= 4 is 17.6 Å². The normalized spacial score (nSPS) is 22.1. The lowest BCUT2D eigenvalue weighted by Crippen LogP contribution is -2.59. The second-order valence-corrected chi connectivity index (χ2v) is 5.54. The molecule has 21 heavy (non-hydrogen) atoms. The maximum absolute atomic E-state index is 12.7. The van der Waals surface area contributed by atoms with Gasteiger partial charge in [0, 0.05) is 19.6 Å². The van der Waals surface area contributed by atoms with E-state index in [1.54, 1.807) is 4.90 Å². The number of hydrogen-bond acceptors (Lipinski definition) is 5. The van der Waals surface area contributed by atoms with Gasteiger partial charge in [-0.25, -0.2) is 15.0 Å². The number of fused-ring (bicyclic) bond motifs is 2. The van der Waals surface area contributed by atoms with Crippen molar-refractivity contribution in [3.63, 3.8) is 0 Å². The average Bonchev–Trinajstić information content (AvgIpc) is 2.99. The van der Waals surface area contributed by atoms with E-state index in [-0.39, 0.29) is 5.91 Å². The number of carbonyl (C=O) groups excluding carboxylic acids is 1. The summed E-state index contributed by atoms with van der Waals surface area (Å²) in [6.07, 6.45) is 0. The minimum absolute atomic E-state index is 0.0643. The molecule has 6 nitrogen and oxygen atoms in total. The van der Waals surface area contributed by atoms with Crippen LogP contribution in [0.15, 0.2) is 23.2 Å². The number of ether oxygens (including phenoxy) is 1. The predicted molar refractivity (Wildman–Crippen MR) is 79.4 cm³/mol. The van der Waals surface area contributed by atoms with Crippen LogP contribution in [0, 0.1) is 6.92 Å². The maximum atomic E-state index is 12.7. The fourth-order valence-corrected chi connectivity index (χ4v) is 3.10. The first-order valence-corrected chi connectivity index (χ1v) is 7.35. The number of nitrogens with zero attached hydrogens (tertiary/aromatic N) is 4. The van der Waals surface area contributed by atoms with Crippen molar-refractivity contribution in [3.8, 4) is 0 Å². The Kier molecular flexibility index (Phi) is 2.94. The lowest BCUT2D eigenvalue weighted by molar-refractivity contribution is 0.0372. The fraction of sp³-hybridized carbons (Fsp3) is 0.467. The van der Waals surface area contributed by atoms with Gasteiger partial charge in [0.15, 0.2) is 0 Å². The third-order valence-corrected chi connectivity index (χ3v) is 4.13. The van der Waals surface area contributed by atoms with E-state index < -0.39 is 0 Å². The summed E-state index contributed by atoms with van der Waals surface area (Å²) in [5.41, 5.74) is 2.80. The first kappa shape index (κ1) is 12.8. The molecular weight excluding hydrogens is 268 g/mol. The Morgan fingerprint density at radius 1 is 1.19 bits per heavy atom. The van der Waals surface area contributed by atoms with E-state index in [2.05, 4.69) is 15.0 Å². The monoisotopic (exact) mass is 286 g/mol. The third kappa shape index (κ3) is 1.94. The summed E-state index contributed by atoms with van der Waals surface area (Å²) < 4.78 is 5.44. The highest BCUT2D eigenvalue weighted by Crippen LogP contribution is 2.32. The maximum Gasteiger partial charge on any atom is 0.262 e. The molecule has 110 valence electrons. The van der Waals surface area contributed by atoms with E-state index in [0.29, 0.717) is 26.3 Å². The van der Waals surface area contributed by atoms with Crippen LogP contribution in [0.3, 0.4) is 0 Å². The molecule has 4 rings (SSSR count). The van der Waals surface area contributed by atoms with Crippen LogP contribution in [0.4, 0.5) is 5.69 Å². The SMILES string of the molecule is Cc1ccc2c(c1)C(=O)N1CCN=C1N2N1CCOCC1. The molecule has 0 radical (unpaired) electrons. The summed E-state index contributed by atoms with van der Waals surface area (Å²) in [6, 6.07) is 6.04. The molecule has 1 saturated heterocycles. The number of anilines is 1. The molecule has 0 bridgehead atoms. The Labute approximate surface area is 123 Å². The number of rotatable bonds is 1. The van der Waals surface area contributed by atoms with Gasteiger partial charge in [0.25, 0.3) is 5.91 Å². The number of hydrogen-bond donors (Lipinski definition) is 0. The molecule has 1 aromatic rings. The van der Waals surface area contributed by atoms with Gasteiger partial charge in [0.1, 0.15) is 0 Å². The summed E-state index contributed by atoms with van der Waals surface area (Å²) in [7, 11) is 0. The molecule has 0 spiro atoms. The first-order chi connectivity index (χ1) is 10.3. The van der Waals surface area contributed by atoms with Gasteiger partial charge in [-0.05, 0) is 19.1 Å². The van der Waals surface area contributed by atoms with Crippen molar-refractivity contribution in [1.29, 1.82) is 0 Å². The van der Waals surface area contributed by atoms with Crippen LogP contribution >= 0.6 is 0 Å². The highest BCUT2D eigenvalue weighted by Gasteiger charge is 2.40. The van der Waals surface area contributed by atoms with Crippen LogP contribution < -0.4 is 5.01 Å². The van der Waals surface area contributed by atoms with Gasteiger partial charge >= 0.3 is 0 Å². The molecule has 1 fully saturated rings. The van der Waals surface area contributed by atoms with E-state index >= 15 is 0 Å². The topological polar surface area (TPSA) is 48.4 Å². The number of carbonyl (C=O) groups is 1. The molecule has 1 amide bonds. The molecule has 6 heteroatoms. The molecule has 0 atom stereocenters. The summed E-state index contributed by atoms with van der Waals surface area (Å²) in [4.78, 5) is 19.0. The minimum Gasteiger partial charge on any atom is -0.379 e. The molecule has 3 aliphatic rings. The molecule has 3 aliphatic heterocycles. The molecule has 0 saturated carbocycles. The number of aliphatic imine (C=N–C) groups is 1. The smallest absolute Gasteiger partial charge is 0.262 e. The zero-order chi connectivity index (χ0) is 14.4. The Hall–Kier alpha value is -1.92. The predicted octanol–water partition coefficient (Wildman–Crippen LogP) is 0.874. The van der Waals surface area contributed by atoms with Crippen LogP contribution in [0.5, 0.6) is 0 Å². The molecule has 3 heterocycles. The summed E-state index contributed by atoms with van der Waals surface area (Å²) in [5, 5.41) is 4.33. The minimum atomic E-state index is 0.0643. The van der Waals surface area contributed by atoms with Crippen molar-refractivity contribution < 1.29 is 9.53 Å². The van der Waals surface area contributed by atoms with Gasteiger partial charge in [-0.2, -0.15) is 0 Å². The van der Waals surface area contributed by atoms with Crippen molar-refractivity contribution in [3.05, 3.63) is 29.3 Å².